The lowest BCUT2D eigenvalue weighted by atomic mass is 10.1. The quantitative estimate of drug-likeness (QED) is 0.478. The van der Waals surface area contributed by atoms with Gasteiger partial charge in [-0.15, -0.1) is 5.10 Å². The molecule has 1 aliphatic rings. The molecule has 0 bridgehead atoms. The normalized spacial score (nSPS) is 13.4. The highest BCUT2D eigenvalue weighted by atomic mass is 19.1. The lowest BCUT2D eigenvalue weighted by Crippen LogP contribution is -2.14. The van der Waals surface area contributed by atoms with Gasteiger partial charge in [0.1, 0.15) is 17.3 Å². The van der Waals surface area contributed by atoms with E-state index in [1.54, 1.807) is 4.52 Å². The largest absolute Gasteiger partial charge is 0.376 e. The molecule has 6 nitrogen and oxygen atoms in total. The van der Waals surface area contributed by atoms with Crippen LogP contribution < -0.4 is 10.6 Å². The van der Waals surface area contributed by atoms with Crippen LogP contribution in [0.25, 0.3) is 16.9 Å². The fourth-order valence-electron chi connectivity index (χ4n) is 3.38. The second-order valence-corrected chi connectivity index (χ2v) is 7.53. The molecule has 0 spiro atoms. The van der Waals surface area contributed by atoms with E-state index < -0.39 is 11.6 Å². The van der Waals surface area contributed by atoms with E-state index in [9.17, 15) is 13.6 Å². The summed E-state index contributed by atoms with van der Waals surface area (Å²) in [5.74, 6) is -0.930. The maximum Gasteiger partial charge on any atom is 0.249 e. The van der Waals surface area contributed by atoms with Gasteiger partial charge >= 0.3 is 0 Å². The van der Waals surface area contributed by atoms with Gasteiger partial charge in [-0.25, -0.2) is 13.3 Å². The number of benzene rings is 2. The van der Waals surface area contributed by atoms with Crippen molar-refractivity contribution in [1.82, 2.24) is 14.6 Å². The molecule has 1 amide bonds. The summed E-state index contributed by atoms with van der Waals surface area (Å²) in [6, 6.07) is 17.0. The van der Waals surface area contributed by atoms with Crippen molar-refractivity contribution in [1.29, 1.82) is 0 Å². The fourth-order valence-corrected chi connectivity index (χ4v) is 3.38. The molecule has 0 unspecified atom stereocenters. The van der Waals surface area contributed by atoms with E-state index in [-0.39, 0.29) is 30.0 Å². The molecule has 1 saturated carbocycles. The third kappa shape index (κ3) is 3.96. The summed E-state index contributed by atoms with van der Waals surface area (Å²) in [7, 11) is 0. The van der Waals surface area contributed by atoms with E-state index in [4.69, 9.17) is 0 Å². The van der Waals surface area contributed by atoms with Gasteiger partial charge in [0.05, 0.1) is 5.69 Å². The number of nitrogens with one attached hydrogen (secondary N) is 2. The zero-order chi connectivity index (χ0) is 21.4. The summed E-state index contributed by atoms with van der Waals surface area (Å²) in [5, 5.41) is 10.0. The van der Waals surface area contributed by atoms with Crippen LogP contribution in [0.5, 0.6) is 0 Å². The Hall–Kier alpha value is -3.81. The number of amides is 1. The number of aromatic nitrogens is 3. The number of halogens is 2. The SMILES string of the molecule is O=C(Nc1nc2cccc(-c3ccc(CNc4c(F)cccc4F)cc3)n2n1)C1CC1. The molecule has 0 aliphatic heterocycles. The summed E-state index contributed by atoms with van der Waals surface area (Å²) in [6.45, 7) is 0.281. The Morgan fingerprint density at radius 1 is 1.00 bits per heavy atom. The first-order valence-corrected chi connectivity index (χ1v) is 10.0. The zero-order valence-corrected chi connectivity index (χ0v) is 16.5. The van der Waals surface area contributed by atoms with Crippen molar-refractivity contribution < 1.29 is 13.6 Å². The number of para-hydroxylation sites is 1. The maximum atomic E-state index is 13.8. The maximum absolute atomic E-state index is 13.8. The van der Waals surface area contributed by atoms with E-state index >= 15 is 0 Å². The van der Waals surface area contributed by atoms with E-state index in [1.807, 2.05) is 42.5 Å². The Balaban J connectivity index is 1.35. The Kier molecular flexibility index (Phi) is 4.82. The molecule has 2 heterocycles. The molecule has 0 atom stereocenters. The first-order valence-electron chi connectivity index (χ1n) is 10.0. The van der Waals surface area contributed by atoms with Gasteiger partial charge in [0, 0.05) is 18.0 Å². The molecule has 1 fully saturated rings. The number of hydrogen-bond acceptors (Lipinski definition) is 4. The number of rotatable bonds is 6. The highest BCUT2D eigenvalue weighted by Crippen LogP contribution is 2.30. The van der Waals surface area contributed by atoms with E-state index in [2.05, 4.69) is 20.7 Å². The van der Waals surface area contributed by atoms with Gasteiger partial charge in [0.2, 0.25) is 11.9 Å². The molecular formula is C23H19F2N5O. The zero-order valence-electron chi connectivity index (χ0n) is 16.5. The molecular weight excluding hydrogens is 400 g/mol. The lowest BCUT2D eigenvalue weighted by Gasteiger charge is -2.10. The predicted octanol–water partition coefficient (Wildman–Crippen LogP) is 4.64. The van der Waals surface area contributed by atoms with Crippen LogP contribution in [-0.2, 0) is 11.3 Å². The van der Waals surface area contributed by atoms with Crippen molar-refractivity contribution in [3.05, 3.63) is 77.9 Å². The van der Waals surface area contributed by atoms with Crippen LogP contribution in [0.1, 0.15) is 18.4 Å². The summed E-state index contributed by atoms with van der Waals surface area (Å²) >= 11 is 0. The van der Waals surface area contributed by atoms with Crippen molar-refractivity contribution >= 4 is 23.2 Å². The number of pyridine rings is 1. The monoisotopic (exact) mass is 419 g/mol. The van der Waals surface area contributed by atoms with E-state index in [0.29, 0.717) is 5.65 Å². The van der Waals surface area contributed by atoms with Crippen LogP contribution in [0.4, 0.5) is 20.4 Å². The molecule has 5 rings (SSSR count). The van der Waals surface area contributed by atoms with E-state index in [1.165, 1.54) is 18.2 Å². The van der Waals surface area contributed by atoms with Crippen LogP contribution in [0, 0.1) is 17.6 Å². The highest BCUT2D eigenvalue weighted by molar-refractivity contribution is 5.92. The Morgan fingerprint density at radius 3 is 2.42 bits per heavy atom. The summed E-state index contributed by atoms with van der Waals surface area (Å²) in [5.41, 5.74) is 3.08. The average molecular weight is 419 g/mol. The Labute approximate surface area is 176 Å². The topological polar surface area (TPSA) is 71.3 Å². The van der Waals surface area contributed by atoms with Crippen LogP contribution in [0.15, 0.2) is 60.7 Å². The lowest BCUT2D eigenvalue weighted by molar-refractivity contribution is -0.117. The van der Waals surface area contributed by atoms with Gasteiger partial charge in [-0.3, -0.25) is 10.1 Å². The molecule has 2 N–H and O–H groups in total. The van der Waals surface area contributed by atoms with Crippen molar-refractivity contribution in [3.8, 4) is 11.3 Å². The smallest absolute Gasteiger partial charge is 0.249 e. The first kappa shape index (κ1) is 19.2. The van der Waals surface area contributed by atoms with Crippen LogP contribution in [0.3, 0.4) is 0 Å². The van der Waals surface area contributed by atoms with Gasteiger partial charge in [0.25, 0.3) is 0 Å². The summed E-state index contributed by atoms with van der Waals surface area (Å²) < 4.78 is 29.2. The minimum Gasteiger partial charge on any atom is -0.376 e. The predicted molar refractivity (Wildman–Crippen MR) is 113 cm³/mol. The number of carbonyl (C=O) groups is 1. The van der Waals surface area contributed by atoms with Crippen LogP contribution >= 0.6 is 0 Å². The molecule has 1 aliphatic carbocycles. The number of nitrogens with zero attached hydrogens (tertiary/aromatic N) is 3. The second kappa shape index (κ2) is 7.79. The second-order valence-electron chi connectivity index (χ2n) is 7.53. The third-order valence-corrected chi connectivity index (χ3v) is 5.22. The Bertz CT molecular complexity index is 1240. The van der Waals surface area contributed by atoms with Crippen molar-refractivity contribution in [2.24, 2.45) is 5.92 Å². The van der Waals surface area contributed by atoms with Crippen molar-refractivity contribution in [2.75, 3.05) is 10.6 Å². The highest BCUT2D eigenvalue weighted by Gasteiger charge is 2.30. The molecule has 31 heavy (non-hydrogen) atoms. The number of anilines is 2. The van der Waals surface area contributed by atoms with Crippen LogP contribution in [-0.4, -0.2) is 20.5 Å². The first-order chi connectivity index (χ1) is 15.1. The Morgan fingerprint density at radius 2 is 1.71 bits per heavy atom. The third-order valence-electron chi connectivity index (χ3n) is 5.22. The van der Waals surface area contributed by atoms with E-state index in [0.717, 1.165) is 29.7 Å². The van der Waals surface area contributed by atoms with Gasteiger partial charge in [0.15, 0.2) is 5.65 Å². The molecule has 4 aromatic rings. The molecule has 2 aromatic heterocycles. The number of fused-ring (bicyclic) bond motifs is 1. The molecule has 8 heteroatoms. The molecule has 0 radical (unpaired) electrons. The minimum atomic E-state index is -0.626. The molecule has 2 aromatic carbocycles. The average Bonchev–Trinajstić information content (AvgIpc) is 3.54. The van der Waals surface area contributed by atoms with Gasteiger partial charge < -0.3 is 5.32 Å². The number of hydrogen-bond donors (Lipinski definition) is 2. The number of carbonyl (C=O) groups excluding carboxylic acids is 1. The molecule has 0 saturated heterocycles. The van der Waals surface area contributed by atoms with Gasteiger partial charge in [-0.1, -0.05) is 36.4 Å². The summed E-state index contributed by atoms with van der Waals surface area (Å²) in [4.78, 5) is 16.4. The molecule has 156 valence electrons. The standard InChI is InChI=1S/C23H19F2N5O/c24-17-3-1-4-18(25)21(17)26-13-14-7-9-15(10-8-14)19-5-2-6-20-27-23(29-30(19)20)28-22(31)16-11-12-16/h1-10,16,26H,11-13H2,(H,28,29,31). The van der Waals surface area contributed by atoms with Crippen molar-refractivity contribution in [3.63, 3.8) is 0 Å². The summed E-state index contributed by atoms with van der Waals surface area (Å²) in [6.07, 6.45) is 1.82. The minimum absolute atomic E-state index is 0.0411. The van der Waals surface area contributed by atoms with Gasteiger partial charge in [-0.05, 0) is 42.7 Å². The fraction of sp³-hybridized carbons (Fsp3) is 0.174. The van der Waals surface area contributed by atoms with Gasteiger partial charge in [-0.2, -0.15) is 4.98 Å². The van der Waals surface area contributed by atoms with Crippen molar-refractivity contribution in [2.45, 2.75) is 19.4 Å². The van der Waals surface area contributed by atoms with Crippen LogP contribution in [0.2, 0.25) is 0 Å².